The highest BCUT2D eigenvalue weighted by atomic mass is 32.1. The maximum Gasteiger partial charge on any atom is 0.261 e. The van der Waals surface area contributed by atoms with E-state index < -0.39 is 13.0 Å². The minimum absolute atomic E-state index is 0.266. The van der Waals surface area contributed by atoms with Gasteiger partial charge in [-0.1, -0.05) is 6.92 Å². The number of nitrogens with one attached hydrogen (secondary N) is 1. The number of thiazole rings is 1. The molecule has 0 aromatic carbocycles. The monoisotopic (exact) mass is 264 g/mol. The Morgan fingerprint density at radius 3 is 2.88 bits per heavy atom. The molecule has 0 aliphatic rings. The van der Waals surface area contributed by atoms with Gasteiger partial charge in [0.05, 0.1) is 17.3 Å². The van der Waals surface area contributed by atoms with E-state index in [1.807, 2.05) is 12.4 Å². The van der Waals surface area contributed by atoms with Gasteiger partial charge in [0.1, 0.15) is 6.61 Å². The first-order valence-corrected chi connectivity index (χ1v) is 6.52. The lowest BCUT2D eigenvalue weighted by molar-refractivity contribution is 0.0187. The van der Waals surface area contributed by atoms with E-state index >= 15 is 0 Å². The first-order chi connectivity index (χ1) is 8.17. The molecule has 3 nitrogen and oxygen atoms in total. The fourth-order valence-electron chi connectivity index (χ4n) is 1.49. The number of rotatable bonds is 8. The van der Waals surface area contributed by atoms with Crippen molar-refractivity contribution in [3.8, 4) is 0 Å². The molecule has 0 aliphatic heterocycles. The molecular formula is C11H18F2N2OS. The van der Waals surface area contributed by atoms with Crippen LogP contribution in [0.25, 0.3) is 0 Å². The number of alkyl halides is 2. The SMILES string of the molecule is CCC(NC)c1csc(CCOCC(F)F)n1. The Morgan fingerprint density at radius 1 is 1.53 bits per heavy atom. The molecule has 1 N–H and O–H groups in total. The normalized spacial score (nSPS) is 13.2. The molecule has 0 bridgehead atoms. The Kier molecular flexibility index (Phi) is 6.54. The zero-order valence-electron chi connectivity index (χ0n) is 10.1. The summed E-state index contributed by atoms with van der Waals surface area (Å²) in [7, 11) is 1.90. The van der Waals surface area contributed by atoms with Crippen LogP contribution in [0.15, 0.2) is 5.38 Å². The fourth-order valence-corrected chi connectivity index (χ4v) is 2.33. The summed E-state index contributed by atoms with van der Waals surface area (Å²) in [5, 5.41) is 6.12. The van der Waals surface area contributed by atoms with E-state index in [4.69, 9.17) is 4.74 Å². The summed E-state index contributed by atoms with van der Waals surface area (Å²) in [4.78, 5) is 4.46. The number of hydrogen-bond donors (Lipinski definition) is 1. The molecule has 0 amide bonds. The summed E-state index contributed by atoms with van der Waals surface area (Å²) >= 11 is 1.55. The van der Waals surface area contributed by atoms with Gasteiger partial charge in [-0.3, -0.25) is 0 Å². The van der Waals surface area contributed by atoms with Crippen molar-refractivity contribution in [3.05, 3.63) is 16.1 Å². The molecule has 0 fully saturated rings. The molecule has 1 rings (SSSR count). The Morgan fingerprint density at radius 2 is 2.29 bits per heavy atom. The number of nitrogens with zero attached hydrogens (tertiary/aromatic N) is 1. The predicted molar refractivity (Wildman–Crippen MR) is 64.7 cm³/mol. The summed E-state index contributed by atoms with van der Waals surface area (Å²) in [5.41, 5.74) is 1.02. The van der Waals surface area contributed by atoms with E-state index in [0.29, 0.717) is 13.0 Å². The van der Waals surface area contributed by atoms with Crippen molar-refractivity contribution in [2.75, 3.05) is 20.3 Å². The van der Waals surface area contributed by atoms with Gasteiger partial charge in [-0.15, -0.1) is 11.3 Å². The van der Waals surface area contributed by atoms with Crippen LogP contribution in [-0.4, -0.2) is 31.7 Å². The van der Waals surface area contributed by atoms with Gasteiger partial charge in [-0.2, -0.15) is 0 Å². The van der Waals surface area contributed by atoms with E-state index in [9.17, 15) is 8.78 Å². The summed E-state index contributed by atoms with van der Waals surface area (Å²) in [5.74, 6) is 0. The van der Waals surface area contributed by atoms with E-state index in [2.05, 4.69) is 17.2 Å². The zero-order valence-corrected chi connectivity index (χ0v) is 10.9. The molecule has 0 saturated heterocycles. The standard InChI is InChI=1S/C11H18F2N2OS/c1-3-8(14-2)9-7-17-11(15-9)4-5-16-6-10(12)13/h7-8,10,14H,3-6H2,1-2H3. The Bertz CT molecular complexity index is 316. The minimum atomic E-state index is -2.39. The Hall–Kier alpha value is -0.590. The van der Waals surface area contributed by atoms with Crippen molar-refractivity contribution in [2.24, 2.45) is 0 Å². The van der Waals surface area contributed by atoms with E-state index in [-0.39, 0.29) is 6.04 Å². The van der Waals surface area contributed by atoms with Crippen molar-refractivity contribution in [1.82, 2.24) is 10.3 Å². The average Bonchev–Trinajstić information content (AvgIpc) is 2.75. The third-order valence-corrected chi connectivity index (χ3v) is 3.31. The van der Waals surface area contributed by atoms with Gasteiger partial charge in [0, 0.05) is 17.8 Å². The molecule has 0 aliphatic carbocycles. The largest absolute Gasteiger partial charge is 0.375 e. The minimum Gasteiger partial charge on any atom is -0.375 e. The molecule has 1 aromatic heterocycles. The van der Waals surface area contributed by atoms with Crippen LogP contribution in [0, 0.1) is 0 Å². The second-order valence-electron chi connectivity index (χ2n) is 3.63. The highest BCUT2D eigenvalue weighted by Crippen LogP contribution is 2.19. The van der Waals surface area contributed by atoms with E-state index in [1.165, 1.54) is 0 Å². The highest BCUT2D eigenvalue weighted by Gasteiger charge is 2.11. The summed E-state index contributed by atoms with van der Waals surface area (Å²) in [6, 6.07) is 0.266. The van der Waals surface area contributed by atoms with E-state index in [0.717, 1.165) is 17.1 Å². The number of halogens is 2. The van der Waals surface area contributed by atoms with Crippen LogP contribution in [0.1, 0.15) is 30.1 Å². The maximum absolute atomic E-state index is 11.8. The van der Waals surface area contributed by atoms with Gasteiger partial charge >= 0.3 is 0 Å². The second kappa shape index (κ2) is 7.68. The van der Waals surface area contributed by atoms with Crippen LogP contribution in [0.4, 0.5) is 8.78 Å². The van der Waals surface area contributed by atoms with Gasteiger partial charge in [-0.05, 0) is 13.5 Å². The second-order valence-corrected chi connectivity index (χ2v) is 4.57. The molecule has 1 atom stereocenters. The van der Waals surface area contributed by atoms with Crippen LogP contribution in [-0.2, 0) is 11.2 Å². The average molecular weight is 264 g/mol. The van der Waals surface area contributed by atoms with Gasteiger partial charge in [0.25, 0.3) is 6.43 Å². The Labute approximate surface area is 104 Å². The summed E-state index contributed by atoms with van der Waals surface area (Å²) in [6.45, 7) is 1.89. The molecule has 6 heteroatoms. The topological polar surface area (TPSA) is 34.1 Å². The van der Waals surface area contributed by atoms with Crippen molar-refractivity contribution in [3.63, 3.8) is 0 Å². The maximum atomic E-state index is 11.8. The molecule has 1 unspecified atom stereocenters. The third kappa shape index (κ3) is 5.06. The van der Waals surface area contributed by atoms with Gasteiger partial charge in [0.15, 0.2) is 0 Å². The lowest BCUT2D eigenvalue weighted by Gasteiger charge is -2.09. The molecule has 1 aromatic rings. The lowest BCUT2D eigenvalue weighted by Crippen LogP contribution is -2.15. The molecule has 0 saturated carbocycles. The number of hydrogen-bond acceptors (Lipinski definition) is 4. The van der Waals surface area contributed by atoms with Crippen LogP contribution in [0.5, 0.6) is 0 Å². The highest BCUT2D eigenvalue weighted by molar-refractivity contribution is 7.09. The van der Waals surface area contributed by atoms with Crippen molar-refractivity contribution in [2.45, 2.75) is 32.2 Å². The van der Waals surface area contributed by atoms with E-state index in [1.54, 1.807) is 11.3 Å². The van der Waals surface area contributed by atoms with Crippen LogP contribution >= 0.6 is 11.3 Å². The van der Waals surface area contributed by atoms with Crippen molar-refractivity contribution >= 4 is 11.3 Å². The quantitative estimate of drug-likeness (QED) is 0.733. The van der Waals surface area contributed by atoms with Crippen molar-refractivity contribution in [1.29, 1.82) is 0 Å². The number of aromatic nitrogens is 1. The first-order valence-electron chi connectivity index (χ1n) is 5.64. The molecule has 17 heavy (non-hydrogen) atoms. The molecule has 0 radical (unpaired) electrons. The third-order valence-electron chi connectivity index (χ3n) is 2.39. The summed E-state index contributed by atoms with van der Waals surface area (Å²) < 4.78 is 28.5. The first kappa shape index (κ1) is 14.5. The predicted octanol–water partition coefficient (Wildman–Crippen LogP) is 2.64. The molecular weight excluding hydrogens is 246 g/mol. The smallest absolute Gasteiger partial charge is 0.261 e. The fraction of sp³-hybridized carbons (Fsp3) is 0.727. The summed E-state index contributed by atoms with van der Waals surface area (Å²) in [6.07, 6.45) is -0.824. The molecule has 98 valence electrons. The number of ether oxygens (including phenoxy) is 1. The van der Waals surface area contributed by atoms with Crippen LogP contribution in [0.2, 0.25) is 0 Å². The lowest BCUT2D eigenvalue weighted by atomic mass is 10.2. The van der Waals surface area contributed by atoms with Crippen LogP contribution < -0.4 is 5.32 Å². The van der Waals surface area contributed by atoms with Gasteiger partial charge in [-0.25, -0.2) is 13.8 Å². The van der Waals surface area contributed by atoms with Crippen molar-refractivity contribution < 1.29 is 13.5 Å². The molecule has 1 heterocycles. The van der Waals surface area contributed by atoms with Gasteiger partial charge in [0.2, 0.25) is 0 Å². The van der Waals surface area contributed by atoms with Gasteiger partial charge < -0.3 is 10.1 Å². The molecule has 0 spiro atoms. The Balaban J connectivity index is 2.35. The van der Waals surface area contributed by atoms with Crippen LogP contribution in [0.3, 0.4) is 0 Å². The zero-order chi connectivity index (χ0) is 12.7.